The van der Waals surface area contributed by atoms with Crippen molar-refractivity contribution in [2.45, 2.75) is 51.0 Å². The molecule has 1 aliphatic rings. The molecule has 0 saturated carbocycles. The zero-order chi connectivity index (χ0) is 13.0. The van der Waals surface area contributed by atoms with Gasteiger partial charge in [-0.15, -0.1) is 0 Å². The summed E-state index contributed by atoms with van der Waals surface area (Å²) >= 11 is 0. The van der Waals surface area contributed by atoms with E-state index in [1.54, 1.807) is 0 Å². The number of nitrogens with one attached hydrogen (secondary N) is 1. The Morgan fingerprint density at radius 2 is 2.00 bits per heavy atom. The third-order valence-electron chi connectivity index (χ3n) is 3.82. The van der Waals surface area contributed by atoms with E-state index in [9.17, 15) is 0 Å². The van der Waals surface area contributed by atoms with Gasteiger partial charge in [0.05, 0.1) is 0 Å². The van der Waals surface area contributed by atoms with Gasteiger partial charge in [-0.25, -0.2) is 0 Å². The van der Waals surface area contributed by atoms with Crippen LogP contribution in [0, 0.1) is 0 Å². The fourth-order valence-electron chi connectivity index (χ4n) is 2.62. The minimum absolute atomic E-state index is 0.0647. The van der Waals surface area contributed by atoms with E-state index in [0.29, 0.717) is 0 Å². The predicted octanol–water partition coefficient (Wildman–Crippen LogP) is 2.82. The number of piperidine rings is 1. The van der Waals surface area contributed by atoms with E-state index < -0.39 is 0 Å². The van der Waals surface area contributed by atoms with Crippen LogP contribution in [0.3, 0.4) is 0 Å². The number of nitrogens with two attached hydrogens (primary N) is 1. The van der Waals surface area contributed by atoms with Crippen molar-refractivity contribution in [3.05, 3.63) is 35.4 Å². The summed E-state index contributed by atoms with van der Waals surface area (Å²) in [6, 6.07) is 9.11. The van der Waals surface area contributed by atoms with E-state index in [4.69, 9.17) is 5.73 Å². The van der Waals surface area contributed by atoms with Crippen LogP contribution in [0.15, 0.2) is 24.3 Å². The Balaban J connectivity index is 2.00. The Bertz CT molecular complexity index is 373. The molecule has 0 atom stereocenters. The molecule has 2 heteroatoms. The lowest BCUT2D eigenvalue weighted by atomic mass is 9.88. The lowest BCUT2D eigenvalue weighted by molar-refractivity contribution is 0.459. The molecule has 0 aromatic heterocycles. The second-order valence-corrected chi connectivity index (χ2v) is 6.26. The van der Waals surface area contributed by atoms with Crippen molar-refractivity contribution in [3.8, 4) is 0 Å². The van der Waals surface area contributed by atoms with Crippen molar-refractivity contribution >= 4 is 0 Å². The van der Waals surface area contributed by atoms with Crippen LogP contribution in [0.2, 0.25) is 0 Å². The molecule has 0 spiro atoms. The van der Waals surface area contributed by atoms with E-state index in [-0.39, 0.29) is 5.54 Å². The largest absolute Gasteiger partial charge is 0.326 e. The molecule has 2 rings (SSSR count). The van der Waals surface area contributed by atoms with Gasteiger partial charge in [-0.1, -0.05) is 24.3 Å². The first-order chi connectivity index (χ1) is 8.54. The monoisotopic (exact) mass is 246 g/mol. The van der Waals surface area contributed by atoms with Crippen molar-refractivity contribution in [3.63, 3.8) is 0 Å². The molecular formula is C16H26N2. The lowest BCUT2D eigenvalue weighted by Crippen LogP contribution is -2.32. The predicted molar refractivity (Wildman–Crippen MR) is 77.9 cm³/mol. The molecule has 1 saturated heterocycles. The molecule has 0 bridgehead atoms. The summed E-state index contributed by atoms with van der Waals surface area (Å²) in [6.45, 7) is 6.52. The first-order valence-corrected chi connectivity index (χ1v) is 7.13. The van der Waals surface area contributed by atoms with Crippen LogP contribution in [0.4, 0.5) is 0 Å². The number of hydrogen-bond acceptors (Lipinski definition) is 2. The van der Waals surface area contributed by atoms with E-state index in [1.165, 1.54) is 24.0 Å². The van der Waals surface area contributed by atoms with Gasteiger partial charge in [0.2, 0.25) is 0 Å². The molecular weight excluding hydrogens is 220 g/mol. The topological polar surface area (TPSA) is 38.0 Å². The third kappa shape index (κ3) is 4.11. The van der Waals surface area contributed by atoms with Crippen LogP contribution >= 0.6 is 0 Å². The van der Waals surface area contributed by atoms with E-state index >= 15 is 0 Å². The SMILES string of the molecule is CC(C)(N)CCc1cccc(C2CCNCC2)c1. The normalized spacial score (nSPS) is 17.9. The van der Waals surface area contributed by atoms with E-state index in [2.05, 4.69) is 43.4 Å². The van der Waals surface area contributed by atoms with Crippen molar-refractivity contribution in [2.24, 2.45) is 5.73 Å². The zero-order valence-corrected chi connectivity index (χ0v) is 11.7. The Morgan fingerprint density at radius 3 is 2.67 bits per heavy atom. The van der Waals surface area contributed by atoms with Gasteiger partial charge in [-0.05, 0) is 69.7 Å². The van der Waals surface area contributed by atoms with Crippen molar-refractivity contribution in [2.75, 3.05) is 13.1 Å². The van der Waals surface area contributed by atoms with Crippen molar-refractivity contribution in [1.29, 1.82) is 0 Å². The molecule has 18 heavy (non-hydrogen) atoms. The van der Waals surface area contributed by atoms with E-state index in [1.807, 2.05) is 0 Å². The maximum atomic E-state index is 6.06. The van der Waals surface area contributed by atoms with Crippen LogP contribution in [0.1, 0.15) is 50.2 Å². The van der Waals surface area contributed by atoms with Gasteiger partial charge in [0.25, 0.3) is 0 Å². The minimum Gasteiger partial charge on any atom is -0.326 e. The lowest BCUT2D eigenvalue weighted by Gasteiger charge is -2.24. The Labute approximate surface area is 111 Å². The van der Waals surface area contributed by atoms with Crippen LogP contribution < -0.4 is 11.1 Å². The molecule has 1 heterocycles. The maximum absolute atomic E-state index is 6.06. The molecule has 0 aliphatic carbocycles. The molecule has 3 N–H and O–H groups in total. The molecule has 2 nitrogen and oxygen atoms in total. The maximum Gasteiger partial charge on any atom is 0.0100 e. The molecule has 0 unspecified atom stereocenters. The Morgan fingerprint density at radius 1 is 1.28 bits per heavy atom. The van der Waals surface area contributed by atoms with Gasteiger partial charge in [-0.3, -0.25) is 0 Å². The van der Waals surface area contributed by atoms with Gasteiger partial charge in [0.15, 0.2) is 0 Å². The van der Waals surface area contributed by atoms with Gasteiger partial charge in [0, 0.05) is 5.54 Å². The van der Waals surface area contributed by atoms with Crippen LogP contribution in [-0.2, 0) is 6.42 Å². The van der Waals surface area contributed by atoms with E-state index in [0.717, 1.165) is 31.8 Å². The first-order valence-electron chi connectivity index (χ1n) is 7.13. The van der Waals surface area contributed by atoms with Crippen LogP contribution in [-0.4, -0.2) is 18.6 Å². The molecule has 0 radical (unpaired) electrons. The standard InChI is InChI=1S/C16H26N2/c1-16(2,17)9-6-13-4-3-5-15(12-13)14-7-10-18-11-8-14/h3-5,12,14,18H,6-11,17H2,1-2H3. The van der Waals surface area contributed by atoms with Gasteiger partial charge >= 0.3 is 0 Å². The summed E-state index contributed by atoms with van der Waals surface area (Å²) in [5, 5.41) is 3.43. The third-order valence-corrected chi connectivity index (χ3v) is 3.82. The second-order valence-electron chi connectivity index (χ2n) is 6.26. The Kier molecular flexibility index (Phi) is 4.41. The quantitative estimate of drug-likeness (QED) is 0.857. The molecule has 1 aromatic rings. The molecule has 1 fully saturated rings. The highest BCUT2D eigenvalue weighted by molar-refractivity contribution is 5.27. The molecule has 0 amide bonds. The minimum atomic E-state index is -0.0647. The van der Waals surface area contributed by atoms with Gasteiger partial charge < -0.3 is 11.1 Å². The average molecular weight is 246 g/mol. The Hall–Kier alpha value is -0.860. The summed E-state index contributed by atoms with van der Waals surface area (Å²) in [4.78, 5) is 0. The van der Waals surface area contributed by atoms with Crippen LogP contribution in [0.25, 0.3) is 0 Å². The summed E-state index contributed by atoms with van der Waals surface area (Å²) in [6.07, 6.45) is 4.67. The number of benzene rings is 1. The number of rotatable bonds is 4. The van der Waals surface area contributed by atoms with Crippen molar-refractivity contribution in [1.82, 2.24) is 5.32 Å². The summed E-state index contributed by atoms with van der Waals surface area (Å²) < 4.78 is 0. The summed E-state index contributed by atoms with van der Waals surface area (Å²) in [5.74, 6) is 0.747. The highest BCUT2D eigenvalue weighted by atomic mass is 14.9. The average Bonchev–Trinajstić information content (AvgIpc) is 2.37. The first kappa shape index (κ1) is 13.6. The second kappa shape index (κ2) is 5.85. The summed E-state index contributed by atoms with van der Waals surface area (Å²) in [5.41, 5.74) is 8.94. The smallest absolute Gasteiger partial charge is 0.0100 e. The highest BCUT2D eigenvalue weighted by Crippen LogP contribution is 2.26. The van der Waals surface area contributed by atoms with Gasteiger partial charge in [0.1, 0.15) is 0 Å². The number of hydrogen-bond donors (Lipinski definition) is 2. The van der Waals surface area contributed by atoms with Crippen molar-refractivity contribution < 1.29 is 0 Å². The zero-order valence-electron chi connectivity index (χ0n) is 11.7. The summed E-state index contributed by atoms with van der Waals surface area (Å²) in [7, 11) is 0. The molecule has 1 aromatic carbocycles. The number of aryl methyl sites for hydroxylation is 1. The highest BCUT2D eigenvalue weighted by Gasteiger charge is 2.16. The fourth-order valence-corrected chi connectivity index (χ4v) is 2.62. The van der Waals surface area contributed by atoms with Gasteiger partial charge in [-0.2, -0.15) is 0 Å². The molecule has 1 aliphatic heterocycles. The molecule has 100 valence electrons. The fraction of sp³-hybridized carbons (Fsp3) is 0.625. The van der Waals surface area contributed by atoms with Crippen LogP contribution in [0.5, 0.6) is 0 Å².